The van der Waals surface area contributed by atoms with Crippen molar-refractivity contribution in [2.75, 3.05) is 6.61 Å². The number of para-hydroxylation sites is 1. The number of rotatable bonds is 6. The van der Waals surface area contributed by atoms with Crippen molar-refractivity contribution in [2.24, 2.45) is 0 Å². The van der Waals surface area contributed by atoms with E-state index in [2.05, 4.69) is 19.6 Å². The fraction of sp³-hybridized carbons (Fsp3) is 0.400. The molecule has 0 saturated heterocycles. The second kappa shape index (κ2) is 6.21. The van der Waals surface area contributed by atoms with Gasteiger partial charge in [-0.05, 0) is 18.2 Å². The summed E-state index contributed by atoms with van der Waals surface area (Å²) in [4.78, 5) is 11.4. The Bertz CT molecular complexity index is 661. The number of carbonyl (C=O) groups is 1. The van der Waals surface area contributed by atoms with Gasteiger partial charge in [0.2, 0.25) is 0 Å². The summed E-state index contributed by atoms with van der Waals surface area (Å²) in [6.07, 6.45) is 0. The minimum atomic E-state index is -1.16. The van der Waals surface area contributed by atoms with E-state index in [9.17, 15) is 9.90 Å². The van der Waals surface area contributed by atoms with Gasteiger partial charge in [0.15, 0.2) is 0 Å². The summed E-state index contributed by atoms with van der Waals surface area (Å²) in [5.74, 6) is -0.976. The van der Waals surface area contributed by atoms with Crippen molar-refractivity contribution >= 4 is 36.5 Å². The number of carboxylic acids is 1. The highest BCUT2D eigenvalue weighted by Gasteiger charge is 2.17. The SMILES string of the molecule is C[Si](C)(C)CCOCn1c(C(=O)O)cc2cccc(Cl)c21. The van der Waals surface area contributed by atoms with Gasteiger partial charge in [-0.25, -0.2) is 4.79 Å². The van der Waals surface area contributed by atoms with Crippen LogP contribution in [0.5, 0.6) is 0 Å². The molecule has 0 atom stereocenters. The van der Waals surface area contributed by atoms with Crippen LogP contribution in [0.4, 0.5) is 0 Å². The molecule has 0 bridgehead atoms. The first-order valence-electron chi connectivity index (χ1n) is 6.88. The molecule has 0 fully saturated rings. The number of fused-ring (bicyclic) bond motifs is 1. The van der Waals surface area contributed by atoms with Crippen LogP contribution in [0.3, 0.4) is 0 Å². The zero-order valence-corrected chi connectivity index (χ0v) is 14.3. The van der Waals surface area contributed by atoms with Crippen molar-refractivity contribution in [2.45, 2.75) is 32.4 Å². The van der Waals surface area contributed by atoms with Crippen molar-refractivity contribution in [1.29, 1.82) is 0 Å². The Kier molecular flexibility index (Phi) is 4.76. The zero-order valence-electron chi connectivity index (χ0n) is 12.5. The Labute approximate surface area is 130 Å². The van der Waals surface area contributed by atoms with Gasteiger partial charge in [0, 0.05) is 20.1 Å². The Morgan fingerprint density at radius 3 is 2.71 bits per heavy atom. The van der Waals surface area contributed by atoms with E-state index in [-0.39, 0.29) is 12.4 Å². The molecule has 0 unspecified atom stereocenters. The van der Waals surface area contributed by atoms with E-state index in [1.807, 2.05) is 12.1 Å². The molecule has 2 rings (SSSR count). The topological polar surface area (TPSA) is 51.5 Å². The third-order valence-electron chi connectivity index (χ3n) is 3.31. The van der Waals surface area contributed by atoms with E-state index in [0.29, 0.717) is 17.1 Å². The third kappa shape index (κ3) is 3.87. The van der Waals surface area contributed by atoms with E-state index >= 15 is 0 Å². The first-order chi connectivity index (χ1) is 9.79. The molecular formula is C15H20ClNO3Si. The second-order valence-corrected chi connectivity index (χ2v) is 12.3. The number of carboxylic acid groups (broad SMARTS) is 1. The van der Waals surface area contributed by atoms with Crippen molar-refractivity contribution in [3.8, 4) is 0 Å². The number of halogens is 1. The molecule has 1 heterocycles. The minimum absolute atomic E-state index is 0.200. The molecule has 6 heteroatoms. The van der Waals surface area contributed by atoms with Gasteiger partial charge in [-0.2, -0.15) is 0 Å². The summed E-state index contributed by atoms with van der Waals surface area (Å²) >= 11 is 6.20. The number of ether oxygens (including phenoxy) is 1. The number of hydrogen-bond acceptors (Lipinski definition) is 2. The van der Waals surface area contributed by atoms with E-state index in [1.54, 1.807) is 16.7 Å². The van der Waals surface area contributed by atoms with Gasteiger partial charge < -0.3 is 14.4 Å². The van der Waals surface area contributed by atoms with Crippen LogP contribution in [0.25, 0.3) is 10.9 Å². The molecule has 1 aromatic carbocycles. The number of hydrogen-bond donors (Lipinski definition) is 1. The normalized spacial score (nSPS) is 12.0. The van der Waals surface area contributed by atoms with Gasteiger partial charge in [-0.3, -0.25) is 0 Å². The lowest BCUT2D eigenvalue weighted by atomic mass is 10.2. The fourth-order valence-electron chi connectivity index (χ4n) is 2.12. The molecule has 0 aliphatic heterocycles. The summed E-state index contributed by atoms with van der Waals surface area (Å²) in [7, 11) is -1.16. The van der Waals surface area contributed by atoms with E-state index in [0.717, 1.165) is 11.4 Å². The second-order valence-electron chi connectivity index (χ2n) is 6.29. The first kappa shape index (κ1) is 16.1. The van der Waals surface area contributed by atoms with Crippen LogP contribution in [-0.4, -0.2) is 30.3 Å². The maximum atomic E-state index is 11.4. The molecule has 2 aromatic rings. The summed E-state index contributed by atoms with van der Waals surface area (Å²) in [6, 6.07) is 8.10. The Morgan fingerprint density at radius 2 is 2.10 bits per heavy atom. The third-order valence-corrected chi connectivity index (χ3v) is 5.32. The molecule has 0 radical (unpaired) electrons. The molecule has 0 saturated carbocycles. The van der Waals surface area contributed by atoms with Gasteiger partial charge in [-0.15, -0.1) is 0 Å². The lowest BCUT2D eigenvalue weighted by Crippen LogP contribution is -2.22. The molecule has 0 spiro atoms. The highest BCUT2D eigenvalue weighted by Crippen LogP contribution is 2.27. The molecular weight excluding hydrogens is 306 g/mol. The van der Waals surface area contributed by atoms with Crippen molar-refractivity contribution in [1.82, 2.24) is 4.57 Å². The predicted molar refractivity (Wildman–Crippen MR) is 88.0 cm³/mol. The van der Waals surface area contributed by atoms with Gasteiger partial charge in [0.25, 0.3) is 0 Å². The maximum absolute atomic E-state index is 11.4. The number of benzene rings is 1. The van der Waals surface area contributed by atoms with Crippen LogP contribution in [0.1, 0.15) is 10.5 Å². The Balaban J connectivity index is 2.24. The van der Waals surface area contributed by atoms with Gasteiger partial charge in [0.05, 0.1) is 10.5 Å². The molecule has 1 aromatic heterocycles. The number of aromatic carboxylic acids is 1. The van der Waals surface area contributed by atoms with Crippen LogP contribution >= 0.6 is 11.6 Å². The molecule has 0 amide bonds. The molecule has 0 aliphatic carbocycles. The summed E-state index contributed by atoms with van der Waals surface area (Å²) in [5, 5.41) is 10.7. The van der Waals surface area contributed by atoms with Crippen LogP contribution in [0.2, 0.25) is 30.7 Å². The minimum Gasteiger partial charge on any atom is -0.477 e. The lowest BCUT2D eigenvalue weighted by molar-refractivity contribution is 0.0630. The molecule has 4 nitrogen and oxygen atoms in total. The molecule has 1 N–H and O–H groups in total. The van der Waals surface area contributed by atoms with E-state index in [1.165, 1.54) is 0 Å². The highest BCUT2D eigenvalue weighted by molar-refractivity contribution is 6.76. The average molecular weight is 326 g/mol. The monoisotopic (exact) mass is 325 g/mol. The van der Waals surface area contributed by atoms with E-state index < -0.39 is 14.0 Å². The van der Waals surface area contributed by atoms with Gasteiger partial charge in [-0.1, -0.05) is 43.4 Å². The fourth-order valence-corrected chi connectivity index (χ4v) is 3.16. The largest absolute Gasteiger partial charge is 0.477 e. The van der Waals surface area contributed by atoms with Gasteiger partial charge >= 0.3 is 5.97 Å². The quantitative estimate of drug-likeness (QED) is 0.636. The summed E-state index contributed by atoms with van der Waals surface area (Å²) < 4.78 is 7.31. The number of nitrogens with zero attached hydrogens (tertiary/aromatic N) is 1. The average Bonchev–Trinajstić information content (AvgIpc) is 2.74. The lowest BCUT2D eigenvalue weighted by Gasteiger charge is -2.16. The maximum Gasteiger partial charge on any atom is 0.352 e. The smallest absolute Gasteiger partial charge is 0.352 e. The van der Waals surface area contributed by atoms with Crippen molar-refractivity contribution in [3.63, 3.8) is 0 Å². The predicted octanol–water partition coefficient (Wildman–Crippen LogP) is 4.31. The Morgan fingerprint density at radius 1 is 1.38 bits per heavy atom. The molecule has 0 aliphatic rings. The number of aromatic nitrogens is 1. The van der Waals surface area contributed by atoms with Crippen LogP contribution in [-0.2, 0) is 11.5 Å². The Hall–Kier alpha value is -1.30. The van der Waals surface area contributed by atoms with E-state index in [4.69, 9.17) is 16.3 Å². The highest BCUT2D eigenvalue weighted by atomic mass is 35.5. The molecule has 114 valence electrons. The molecule has 21 heavy (non-hydrogen) atoms. The van der Waals surface area contributed by atoms with Crippen molar-refractivity contribution in [3.05, 3.63) is 35.0 Å². The summed E-state index contributed by atoms with van der Waals surface area (Å²) in [6.45, 7) is 7.68. The first-order valence-corrected chi connectivity index (χ1v) is 11.0. The van der Waals surface area contributed by atoms with Crippen LogP contribution in [0.15, 0.2) is 24.3 Å². The van der Waals surface area contributed by atoms with Crippen molar-refractivity contribution < 1.29 is 14.6 Å². The standard InChI is InChI=1S/C15H20ClNO3Si/c1-21(2,3)8-7-20-10-17-13(15(18)19)9-11-5-4-6-12(16)14(11)17/h4-6,9H,7-8,10H2,1-3H3,(H,18,19). The van der Waals surface area contributed by atoms with Crippen LogP contribution in [0, 0.1) is 0 Å². The van der Waals surface area contributed by atoms with Gasteiger partial charge in [0.1, 0.15) is 12.4 Å². The zero-order chi connectivity index (χ0) is 15.6. The van der Waals surface area contributed by atoms with Crippen LogP contribution < -0.4 is 0 Å². The summed E-state index contributed by atoms with van der Waals surface area (Å²) in [5.41, 5.74) is 0.913.